The fourth-order valence-electron chi connectivity index (χ4n) is 4.28. The first-order chi connectivity index (χ1) is 20.7. The molecule has 0 spiro atoms. The molecular formula is C38H34OP2RuS+. The first kappa shape index (κ1) is 35.0. The van der Waals surface area contributed by atoms with Crippen molar-refractivity contribution in [3.8, 4) is 0 Å². The Labute approximate surface area is 279 Å². The maximum atomic E-state index is 10.4. The number of benzene rings is 5. The Bertz CT molecular complexity index is 1250. The van der Waals surface area contributed by atoms with Crippen molar-refractivity contribution in [3.05, 3.63) is 189 Å². The summed E-state index contributed by atoms with van der Waals surface area (Å²) in [6, 6.07) is 53.6. The van der Waals surface area contributed by atoms with Gasteiger partial charge in [-0.2, -0.15) is 0 Å². The minimum atomic E-state index is -0.409. The van der Waals surface area contributed by atoms with E-state index in [-0.39, 0.29) is 24.6 Å². The second-order valence-corrected chi connectivity index (χ2v) is 14.7. The third-order valence-corrected chi connectivity index (χ3v) is 12.4. The van der Waals surface area contributed by atoms with Crippen molar-refractivity contribution in [1.29, 1.82) is 0 Å². The third-order valence-electron chi connectivity index (χ3n) is 6.30. The minimum absolute atomic E-state index is 0. The maximum absolute atomic E-state index is 10.4. The first-order valence-corrected chi connectivity index (χ1v) is 17.3. The van der Waals surface area contributed by atoms with E-state index >= 15 is 0 Å². The number of hydrogen-bond acceptors (Lipinski definition) is 2. The summed E-state index contributed by atoms with van der Waals surface area (Å²) < 4.78 is 0. The summed E-state index contributed by atoms with van der Waals surface area (Å²) in [5.74, 6) is 1.17. The molecule has 0 unspecified atom stereocenters. The molecule has 0 bridgehead atoms. The van der Waals surface area contributed by atoms with Crippen LogP contribution in [0.2, 0.25) is 0 Å². The van der Waals surface area contributed by atoms with Crippen molar-refractivity contribution < 1.29 is 24.3 Å². The molecule has 1 nitrogen and oxygen atoms in total. The van der Waals surface area contributed by atoms with Crippen LogP contribution in [0.3, 0.4) is 0 Å². The van der Waals surface area contributed by atoms with E-state index in [1.807, 2.05) is 62.4 Å². The van der Waals surface area contributed by atoms with Gasteiger partial charge in [0, 0.05) is 17.4 Å². The summed E-state index contributed by atoms with van der Waals surface area (Å²) in [5, 5.41) is 5.62. The quantitative estimate of drug-likeness (QED) is 0.0946. The normalized spacial score (nSPS) is 11.9. The van der Waals surface area contributed by atoms with Gasteiger partial charge < -0.3 is 17.4 Å². The summed E-state index contributed by atoms with van der Waals surface area (Å²) in [6.07, 6.45) is 10.4. The molecule has 215 valence electrons. The number of carbonyl (C=O) groups excluding carboxylic acids is 1. The summed E-state index contributed by atoms with van der Waals surface area (Å²) in [4.78, 5) is 10.4. The smallest absolute Gasteiger partial charge is 0.742 e. The topological polar surface area (TPSA) is 17.1 Å². The molecule has 5 aromatic rings. The Balaban J connectivity index is 0.000000260. The van der Waals surface area contributed by atoms with Gasteiger partial charge in [0.15, 0.2) is 0 Å². The average molecular weight is 702 g/mol. The molecule has 0 saturated heterocycles. The summed E-state index contributed by atoms with van der Waals surface area (Å²) in [5.41, 5.74) is 0.988. The van der Waals surface area contributed by atoms with E-state index < -0.39 is 15.8 Å². The Hall–Kier alpha value is -2.53. The van der Waals surface area contributed by atoms with Crippen molar-refractivity contribution in [2.24, 2.45) is 0 Å². The zero-order valence-corrected chi connectivity index (χ0v) is 28.1. The molecule has 1 aliphatic carbocycles. The van der Waals surface area contributed by atoms with Crippen LogP contribution in [0.1, 0.15) is 5.56 Å². The molecule has 1 aliphatic rings. The van der Waals surface area contributed by atoms with Gasteiger partial charge in [-0.05, 0) is 74.7 Å². The molecule has 0 aromatic heterocycles. The van der Waals surface area contributed by atoms with Crippen LogP contribution < -0.4 is 21.2 Å². The Morgan fingerprint density at radius 2 is 0.698 bits per heavy atom. The van der Waals surface area contributed by atoms with Crippen LogP contribution in [0.4, 0.5) is 0 Å². The van der Waals surface area contributed by atoms with Gasteiger partial charge >= 0.3 is 19.5 Å². The molecule has 1 fully saturated rings. The molecule has 5 radical (unpaired) electrons. The molecule has 5 heteroatoms. The average Bonchev–Trinajstić information content (AvgIpc) is 3.65. The third kappa shape index (κ3) is 12.5. The van der Waals surface area contributed by atoms with Crippen LogP contribution >= 0.6 is 15.8 Å². The van der Waals surface area contributed by atoms with Crippen LogP contribution in [0.15, 0.2) is 152 Å². The molecule has 43 heavy (non-hydrogen) atoms. The molecule has 0 heterocycles. The summed E-state index contributed by atoms with van der Waals surface area (Å²) in [7, 11) is -0.817. The standard InChI is InChI=1S/C25H22P2.C8H8OS.C5H5.Ru/c1-5-13-22(14-6-1)26(23-15-7-2-8-16-23)21-27(24-17-9-3-10-18-24)25-19-11-4-12-20-25;9-8(10)6-7-4-2-1-3-5-7;1-2-4-5-3-1;/h1-20H,21H2;1-5H,6H2,(H,9,10);1-5H;/q;;;+2/p-1. The van der Waals surface area contributed by atoms with Gasteiger partial charge in [0.1, 0.15) is 0 Å². The van der Waals surface area contributed by atoms with E-state index in [1.165, 1.54) is 27.1 Å². The van der Waals surface area contributed by atoms with Crippen LogP contribution in [0.5, 0.6) is 0 Å². The van der Waals surface area contributed by atoms with Crippen molar-refractivity contribution in [1.82, 2.24) is 0 Å². The van der Waals surface area contributed by atoms with E-state index in [9.17, 15) is 4.79 Å². The molecule has 6 rings (SSSR count). The monoisotopic (exact) mass is 702 g/mol. The van der Waals surface area contributed by atoms with Gasteiger partial charge in [0.25, 0.3) is 0 Å². The van der Waals surface area contributed by atoms with Gasteiger partial charge in [-0.15, -0.1) is 0 Å². The molecule has 0 amide bonds. The Morgan fingerprint density at radius 1 is 0.442 bits per heavy atom. The largest absolute Gasteiger partial charge is 2.00 e. The Morgan fingerprint density at radius 3 is 0.953 bits per heavy atom. The van der Waals surface area contributed by atoms with Crippen LogP contribution in [-0.4, -0.2) is 11.0 Å². The fourth-order valence-corrected chi connectivity index (χ4v) is 10.9. The van der Waals surface area contributed by atoms with Gasteiger partial charge in [-0.1, -0.05) is 152 Å². The number of carbonyl (C=O) groups is 1. The Kier molecular flexibility index (Phi) is 16.6. The number of hydrogen-bond donors (Lipinski definition) is 0. The van der Waals surface area contributed by atoms with Gasteiger partial charge in [0.2, 0.25) is 0 Å². The van der Waals surface area contributed by atoms with Gasteiger partial charge in [-0.25, -0.2) is 0 Å². The first-order valence-electron chi connectivity index (χ1n) is 13.9. The predicted octanol–water partition coefficient (Wildman–Crippen LogP) is 7.53. The van der Waals surface area contributed by atoms with Crippen molar-refractivity contribution in [2.45, 2.75) is 6.42 Å². The van der Waals surface area contributed by atoms with Crippen LogP contribution in [0, 0.1) is 32.1 Å². The fraction of sp³-hybridized carbons (Fsp3) is 0.0526. The predicted molar refractivity (Wildman–Crippen MR) is 187 cm³/mol. The summed E-state index contributed by atoms with van der Waals surface area (Å²) >= 11 is 4.42. The van der Waals surface area contributed by atoms with Crippen LogP contribution in [0.25, 0.3) is 0 Å². The molecule has 5 aromatic carbocycles. The SMILES string of the molecule is O=C([S-])Cc1ccccc1.[CH]1[CH][CH][CH][CH]1.[Ru+2].c1ccc(P(CP(c2ccccc2)c2ccccc2)c2ccccc2)cc1. The van der Waals surface area contributed by atoms with E-state index in [0.717, 1.165) is 5.56 Å². The molecular weight excluding hydrogens is 668 g/mol. The van der Waals surface area contributed by atoms with Crippen molar-refractivity contribution in [2.75, 3.05) is 5.90 Å². The van der Waals surface area contributed by atoms with E-state index in [2.05, 4.69) is 134 Å². The van der Waals surface area contributed by atoms with Crippen molar-refractivity contribution in [3.63, 3.8) is 0 Å². The summed E-state index contributed by atoms with van der Waals surface area (Å²) in [6.45, 7) is 0. The molecule has 1 saturated carbocycles. The second-order valence-electron chi connectivity index (χ2n) is 9.34. The minimum Gasteiger partial charge on any atom is -0.742 e. The van der Waals surface area contributed by atoms with Gasteiger partial charge in [0.05, 0.1) is 0 Å². The molecule has 0 atom stereocenters. The van der Waals surface area contributed by atoms with E-state index in [0.29, 0.717) is 6.42 Å². The maximum Gasteiger partial charge on any atom is 2.00 e. The second kappa shape index (κ2) is 20.4. The number of rotatable bonds is 8. The van der Waals surface area contributed by atoms with Crippen LogP contribution in [-0.2, 0) is 43.3 Å². The zero-order chi connectivity index (χ0) is 29.2. The zero-order valence-electron chi connectivity index (χ0n) is 23.8. The van der Waals surface area contributed by atoms with E-state index in [1.54, 1.807) is 0 Å². The van der Waals surface area contributed by atoms with E-state index in [4.69, 9.17) is 0 Å². The van der Waals surface area contributed by atoms with Crippen molar-refractivity contribution >= 4 is 54.8 Å². The molecule has 0 N–H and O–H groups in total. The van der Waals surface area contributed by atoms with Gasteiger partial charge in [-0.3, -0.25) is 0 Å². The molecule has 0 aliphatic heterocycles.